The van der Waals surface area contributed by atoms with Gasteiger partial charge in [-0.25, -0.2) is 0 Å². The van der Waals surface area contributed by atoms with Crippen molar-refractivity contribution < 1.29 is 18.8 Å². The van der Waals surface area contributed by atoms with Crippen LogP contribution in [0.1, 0.15) is 11.3 Å². The number of carbonyl (C=O) groups is 2. The van der Waals surface area contributed by atoms with Crippen molar-refractivity contribution in [3.8, 4) is 6.07 Å². The Bertz CT molecular complexity index is 938. The fourth-order valence-corrected chi connectivity index (χ4v) is 2.81. The van der Waals surface area contributed by atoms with Gasteiger partial charge < -0.3 is 14.6 Å². The Morgan fingerprint density at radius 1 is 1.33 bits per heavy atom. The lowest BCUT2D eigenvalue weighted by Gasteiger charge is -2.04. The Labute approximate surface area is 140 Å². The smallest absolute Gasteiger partial charge is 0.312 e. The highest BCUT2D eigenvalue weighted by molar-refractivity contribution is 7.14. The first-order valence-corrected chi connectivity index (χ1v) is 7.81. The fraction of sp³-hybridized carbons (Fsp3) is 0.125. The summed E-state index contributed by atoms with van der Waals surface area (Å²) in [4.78, 5) is 23.6. The number of hydrogen-bond acceptors (Lipinski definition) is 7. The summed E-state index contributed by atoms with van der Waals surface area (Å²) in [7, 11) is 0. The Morgan fingerprint density at radius 2 is 2.17 bits per heavy atom. The number of para-hydroxylation sites is 1. The van der Waals surface area contributed by atoms with Crippen LogP contribution in [0.2, 0.25) is 0 Å². The van der Waals surface area contributed by atoms with Crippen molar-refractivity contribution in [2.24, 2.45) is 0 Å². The molecule has 0 saturated heterocycles. The van der Waals surface area contributed by atoms with E-state index in [1.54, 1.807) is 29.6 Å². The van der Waals surface area contributed by atoms with Crippen molar-refractivity contribution >= 4 is 39.2 Å². The molecular weight excluding hydrogens is 330 g/mol. The number of nitrogens with zero attached hydrogens (tertiary/aromatic N) is 2. The number of nitriles is 1. The highest BCUT2D eigenvalue weighted by Gasteiger charge is 2.15. The lowest BCUT2D eigenvalue weighted by Crippen LogP contribution is -2.21. The molecule has 24 heavy (non-hydrogen) atoms. The van der Waals surface area contributed by atoms with Crippen molar-refractivity contribution in [2.45, 2.75) is 6.42 Å². The molecular formula is C16H11N3O4S. The Hall–Kier alpha value is -3.18. The van der Waals surface area contributed by atoms with Crippen LogP contribution in [0.5, 0.6) is 0 Å². The summed E-state index contributed by atoms with van der Waals surface area (Å²) >= 11 is 1.22. The monoisotopic (exact) mass is 341 g/mol. The van der Waals surface area contributed by atoms with Gasteiger partial charge in [0.05, 0.1) is 12.0 Å². The summed E-state index contributed by atoms with van der Waals surface area (Å²) in [6.45, 7) is -0.433. The minimum absolute atomic E-state index is 0.0905. The molecule has 0 aliphatic rings. The molecule has 0 spiro atoms. The second-order valence-corrected chi connectivity index (χ2v) is 5.70. The first-order chi connectivity index (χ1) is 11.7. The van der Waals surface area contributed by atoms with Crippen LogP contribution in [-0.2, 0) is 20.7 Å². The first-order valence-electron chi connectivity index (χ1n) is 6.93. The Kier molecular flexibility index (Phi) is 4.54. The number of amides is 1. The number of fused-ring (bicyclic) bond motifs is 1. The molecule has 8 heteroatoms. The summed E-state index contributed by atoms with van der Waals surface area (Å²) in [5, 5.41) is 18.1. The van der Waals surface area contributed by atoms with Crippen LogP contribution in [0.25, 0.3) is 11.0 Å². The van der Waals surface area contributed by atoms with E-state index in [2.05, 4.69) is 10.5 Å². The molecule has 0 radical (unpaired) electrons. The molecule has 0 aliphatic carbocycles. The molecule has 0 fully saturated rings. The van der Waals surface area contributed by atoms with Crippen LogP contribution in [-0.4, -0.2) is 23.6 Å². The number of aromatic nitrogens is 1. The topological polar surface area (TPSA) is 105 Å². The van der Waals surface area contributed by atoms with Crippen molar-refractivity contribution in [1.82, 2.24) is 5.16 Å². The van der Waals surface area contributed by atoms with Crippen LogP contribution >= 0.6 is 11.3 Å². The van der Waals surface area contributed by atoms with Crippen molar-refractivity contribution in [3.63, 3.8) is 0 Å². The van der Waals surface area contributed by atoms with Crippen molar-refractivity contribution in [2.75, 3.05) is 11.9 Å². The summed E-state index contributed by atoms with van der Waals surface area (Å²) in [5.41, 5.74) is 1.41. The molecule has 2 heterocycles. The number of nitrogens with one attached hydrogen (secondary N) is 1. The molecule has 2 aromatic heterocycles. The number of ether oxygens (including phenoxy) is 1. The molecule has 0 unspecified atom stereocenters. The van der Waals surface area contributed by atoms with E-state index in [0.717, 1.165) is 5.39 Å². The Balaban J connectivity index is 1.54. The average Bonchev–Trinajstić information content (AvgIpc) is 3.20. The number of esters is 1. The van der Waals surface area contributed by atoms with Gasteiger partial charge in [0, 0.05) is 5.39 Å². The molecule has 0 atom stereocenters. The third kappa shape index (κ3) is 3.42. The van der Waals surface area contributed by atoms with Crippen LogP contribution in [0.15, 0.2) is 40.2 Å². The quantitative estimate of drug-likeness (QED) is 0.715. The predicted molar refractivity (Wildman–Crippen MR) is 86.3 cm³/mol. The highest BCUT2D eigenvalue weighted by atomic mass is 32.1. The van der Waals surface area contributed by atoms with Gasteiger partial charge in [-0.1, -0.05) is 17.3 Å². The van der Waals surface area contributed by atoms with Gasteiger partial charge >= 0.3 is 5.97 Å². The maximum absolute atomic E-state index is 11.9. The van der Waals surface area contributed by atoms with E-state index in [-0.39, 0.29) is 6.42 Å². The molecule has 3 rings (SSSR count). The van der Waals surface area contributed by atoms with E-state index in [9.17, 15) is 9.59 Å². The van der Waals surface area contributed by atoms with E-state index >= 15 is 0 Å². The van der Waals surface area contributed by atoms with E-state index in [0.29, 0.717) is 21.8 Å². The van der Waals surface area contributed by atoms with E-state index in [4.69, 9.17) is 14.5 Å². The maximum Gasteiger partial charge on any atom is 0.312 e. The van der Waals surface area contributed by atoms with Gasteiger partial charge in [-0.3, -0.25) is 9.59 Å². The maximum atomic E-state index is 11.9. The third-order valence-corrected chi connectivity index (χ3v) is 4.00. The van der Waals surface area contributed by atoms with Gasteiger partial charge in [0.25, 0.3) is 5.91 Å². The molecule has 1 amide bonds. The largest absolute Gasteiger partial charge is 0.455 e. The molecule has 1 N–H and O–H groups in total. The van der Waals surface area contributed by atoms with E-state index in [1.165, 1.54) is 11.3 Å². The van der Waals surface area contributed by atoms with Crippen molar-refractivity contribution in [3.05, 3.63) is 47.0 Å². The van der Waals surface area contributed by atoms with Gasteiger partial charge in [-0.2, -0.15) is 5.26 Å². The molecule has 7 nitrogen and oxygen atoms in total. The molecule has 1 aromatic carbocycles. The summed E-state index contributed by atoms with van der Waals surface area (Å²) < 4.78 is 10.0. The van der Waals surface area contributed by atoms with Gasteiger partial charge in [0.2, 0.25) is 0 Å². The summed E-state index contributed by atoms with van der Waals surface area (Å²) in [6, 6.07) is 10.7. The van der Waals surface area contributed by atoms with Gasteiger partial charge in [0.15, 0.2) is 12.2 Å². The van der Waals surface area contributed by atoms with Crippen LogP contribution in [0.4, 0.5) is 5.00 Å². The molecule has 0 saturated carbocycles. The summed E-state index contributed by atoms with van der Waals surface area (Å²) in [5.74, 6) is -1.09. The molecule has 0 aliphatic heterocycles. The second-order valence-electron chi connectivity index (χ2n) is 4.79. The lowest BCUT2D eigenvalue weighted by atomic mass is 10.2. The minimum Gasteiger partial charge on any atom is -0.455 e. The standard InChI is InChI=1S/C16H11N3O4S/c17-8-10-5-6-24-16(10)18-14(20)9-22-15(21)7-12-11-3-1-2-4-13(11)23-19-12/h1-6H,7,9H2,(H,18,20). The van der Waals surface area contributed by atoms with Gasteiger partial charge in [-0.05, 0) is 23.6 Å². The fourth-order valence-electron chi connectivity index (χ4n) is 2.06. The Morgan fingerprint density at radius 3 is 3.00 bits per heavy atom. The van der Waals surface area contributed by atoms with Crippen molar-refractivity contribution in [1.29, 1.82) is 5.26 Å². The zero-order valence-electron chi connectivity index (χ0n) is 12.3. The number of hydrogen-bond donors (Lipinski definition) is 1. The minimum atomic E-state index is -0.587. The van der Waals surface area contributed by atoms with E-state index in [1.807, 2.05) is 12.1 Å². The third-order valence-electron chi connectivity index (χ3n) is 3.17. The van der Waals surface area contributed by atoms with Crippen LogP contribution in [0, 0.1) is 11.3 Å². The number of carbonyl (C=O) groups excluding carboxylic acids is 2. The molecule has 3 aromatic rings. The zero-order valence-corrected chi connectivity index (χ0v) is 13.1. The number of anilines is 1. The lowest BCUT2D eigenvalue weighted by molar-refractivity contribution is -0.146. The summed E-state index contributed by atoms with van der Waals surface area (Å²) in [6.07, 6.45) is -0.0905. The zero-order chi connectivity index (χ0) is 16.9. The van der Waals surface area contributed by atoms with Crippen LogP contribution < -0.4 is 5.32 Å². The number of thiophene rings is 1. The van der Waals surface area contributed by atoms with Gasteiger partial charge in [0.1, 0.15) is 16.8 Å². The number of benzene rings is 1. The number of rotatable bonds is 5. The molecule has 0 bridgehead atoms. The average molecular weight is 341 g/mol. The highest BCUT2D eigenvalue weighted by Crippen LogP contribution is 2.22. The first kappa shape index (κ1) is 15.7. The SMILES string of the molecule is N#Cc1ccsc1NC(=O)COC(=O)Cc1noc2ccccc12. The second kappa shape index (κ2) is 6.93. The predicted octanol–water partition coefficient (Wildman–Crippen LogP) is 2.49. The van der Waals surface area contributed by atoms with E-state index < -0.39 is 18.5 Å². The van der Waals surface area contributed by atoms with Crippen LogP contribution in [0.3, 0.4) is 0 Å². The van der Waals surface area contributed by atoms with Gasteiger partial charge in [-0.15, -0.1) is 11.3 Å². The molecule has 120 valence electrons. The normalized spacial score (nSPS) is 10.3.